The summed E-state index contributed by atoms with van der Waals surface area (Å²) in [6.45, 7) is 7.41. The molecule has 124 valence electrons. The van der Waals surface area contributed by atoms with Crippen molar-refractivity contribution in [3.8, 4) is 0 Å². The molecule has 3 aromatic carbocycles. The summed E-state index contributed by atoms with van der Waals surface area (Å²) in [6, 6.07) is 24.1. The van der Waals surface area contributed by atoms with Crippen LogP contribution in [0.15, 0.2) is 66.7 Å². The largest absolute Gasteiger partial charge is 0.330 e. The second-order valence-corrected chi connectivity index (χ2v) is 7.65. The SMILES string of the molecule is CC(C)(C)c1ccc(CC(CN)c2cccc3ccccc23)cc1. The molecule has 2 N–H and O–H groups in total. The van der Waals surface area contributed by atoms with Crippen LogP contribution in [0.2, 0.25) is 0 Å². The molecule has 0 radical (unpaired) electrons. The zero-order valence-corrected chi connectivity index (χ0v) is 14.9. The molecule has 0 spiro atoms. The summed E-state index contributed by atoms with van der Waals surface area (Å²) in [5.74, 6) is 0.344. The van der Waals surface area contributed by atoms with Gasteiger partial charge < -0.3 is 5.73 Å². The van der Waals surface area contributed by atoms with Crippen LogP contribution in [0.4, 0.5) is 0 Å². The zero-order chi connectivity index (χ0) is 17.2. The topological polar surface area (TPSA) is 26.0 Å². The normalized spacial score (nSPS) is 13.2. The fourth-order valence-corrected chi connectivity index (χ4v) is 3.35. The smallest absolute Gasteiger partial charge is 0.000772 e. The Morgan fingerprint density at radius 2 is 1.50 bits per heavy atom. The molecule has 3 aromatic rings. The minimum Gasteiger partial charge on any atom is -0.330 e. The molecule has 0 aliphatic rings. The van der Waals surface area contributed by atoms with Gasteiger partial charge >= 0.3 is 0 Å². The summed E-state index contributed by atoms with van der Waals surface area (Å²) >= 11 is 0. The van der Waals surface area contributed by atoms with Crippen LogP contribution < -0.4 is 5.73 Å². The van der Waals surface area contributed by atoms with Crippen LogP contribution in [0, 0.1) is 0 Å². The van der Waals surface area contributed by atoms with E-state index < -0.39 is 0 Å². The lowest BCUT2D eigenvalue weighted by Crippen LogP contribution is -2.16. The van der Waals surface area contributed by atoms with Gasteiger partial charge in [-0.15, -0.1) is 0 Å². The average Bonchev–Trinajstić information content (AvgIpc) is 2.59. The predicted octanol–water partition coefficient (Wildman–Crippen LogP) is 5.42. The number of rotatable bonds is 4. The van der Waals surface area contributed by atoms with E-state index in [1.165, 1.54) is 27.5 Å². The van der Waals surface area contributed by atoms with Gasteiger partial charge in [0, 0.05) is 5.92 Å². The first-order valence-electron chi connectivity index (χ1n) is 8.76. The molecule has 0 saturated heterocycles. The molecule has 1 heteroatoms. The second-order valence-electron chi connectivity index (χ2n) is 7.65. The summed E-state index contributed by atoms with van der Waals surface area (Å²) in [5.41, 5.74) is 10.4. The van der Waals surface area contributed by atoms with Crippen molar-refractivity contribution in [1.29, 1.82) is 0 Å². The van der Waals surface area contributed by atoms with E-state index >= 15 is 0 Å². The van der Waals surface area contributed by atoms with Gasteiger partial charge in [0.1, 0.15) is 0 Å². The van der Waals surface area contributed by atoms with Gasteiger partial charge in [-0.1, -0.05) is 87.5 Å². The third-order valence-electron chi connectivity index (χ3n) is 4.85. The number of nitrogens with two attached hydrogens (primary N) is 1. The summed E-state index contributed by atoms with van der Waals surface area (Å²) in [4.78, 5) is 0. The van der Waals surface area contributed by atoms with E-state index in [1.54, 1.807) is 0 Å². The first-order chi connectivity index (χ1) is 11.5. The van der Waals surface area contributed by atoms with Crippen LogP contribution in [-0.2, 0) is 11.8 Å². The van der Waals surface area contributed by atoms with E-state index in [0.29, 0.717) is 12.5 Å². The molecule has 0 aliphatic heterocycles. The van der Waals surface area contributed by atoms with Crippen LogP contribution in [0.25, 0.3) is 10.8 Å². The number of hydrogen-bond acceptors (Lipinski definition) is 1. The third-order valence-corrected chi connectivity index (χ3v) is 4.85. The Labute approximate surface area is 145 Å². The number of fused-ring (bicyclic) bond motifs is 1. The zero-order valence-electron chi connectivity index (χ0n) is 14.9. The molecule has 1 unspecified atom stereocenters. The van der Waals surface area contributed by atoms with Crippen molar-refractivity contribution >= 4 is 10.8 Å². The molecule has 0 heterocycles. The summed E-state index contributed by atoms with van der Waals surface area (Å²) in [6.07, 6.45) is 0.981. The van der Waals surface area contributed by atoms with Gasteiger partial charge in [0.2, 0.25) is 0 Å². The first kappa shape index (κ1) is 16.7. The Balaban J connectivity index is 1.89. The lowest BCUT2D eigenvalue weighted by atomic mass is 9.85. The molecule has 0 aliphatic carbocycles. The minimum absolute atomic E-state index is 0.196. The molecule has 0 fully saturated rings. The van der Waals surface area contributed by atoms with Gasteiger partial charge in [0.25, 0.3) is 0 Å². The Bertz CT molecular complexity index is 804. The van der Waals surface area contributed by atoms with Crippen molar-refractivity contribution in [2.45, 2.75) is 38.5 Å². The van der Waals surface area contributed by atoms with Gasteiger partial charge in [-0.05, 0) is 45.8 Å². The van der Waals surface area contributed by atoms with E-state index in [2.05, 4.69) is 87.5 Å². The first-order valence-corrected chi connectivity index (χ1v) is 8.76. The third kappa shape index (κ3) is 3.52. The van der Waals surface area contributed by atoms with Crippen molar-refractivity contribution in [2.24, 2.45) is 5.73 Å². The lowest BCUT2D eigenvalue weighted by molar-refractivity contribution is 0.589. The summed E-state index contributed by atoms with van der Waals surface area (Å²) < 4.78 is 0. The van der Waals surface area contributed by atoms with E-state index in [0.717, 1.165) is 6.42 Å². The van der Waals surface area contributed by atoms with E-state index in [9.17, 15) is 0 Å². The van der Waals surface area contributed by atoms with E-state index in [1.807, 2.05) is 0 Å². The number of hydrogen-bond donors (Lipinski definition) is 1. The maximum atomic E-state index is 6.14. The molecule has 3 rings (SSSR count). The van der Waals surface area contributed by atoms with Gasteiger partial charge in [0.05, 0.1) is 0 Å². The van der Waals surface area contributed by atoms with Crippen LogP contribution in [-0.4, -0.2) is 6.54 Å². The van der Waals surface area contributed by atoms with Crippen molar-refractivity contribution in [2.75, 3.05) is 6.54 Å². The van der Waals surface area contributed by atoms with Crippen LogP contribution in [0.5, 0.6) is 0 Å². The van der Waals surface area contributed by atoms with Crippen molar-refractivity contribution in [3.05, 3.63) is 83.4 Å². The lowest BCUT2D eigenvalue weighted by Gasteiger charge is -2.21. The highest BCUT2D eigenvalue weighted by Crippen LogP contribution is 2.29. The molecule has 24 heavy (non-hydrogen) atoms. The monoisotopic (exact) mass is 317 g/mol. The standard InChI is InChI=1S/C23H27N/c1-23(2,3)20-13-11-17(12-14-20)15-19(16-24)22-10-6-8-18-7-4-5-9-21(18)22/h4-14,19H,15-16,24H2,1-3H3. The quantitative estimate of drug-likeness (QED) is 0.683. The molecule has 0 aromatic heterocycles. The molecule has 0 saturated carbocycles. The van der Waals surface area contributed by atoms with Gasteiger partial charge in [-0.25, -0.2) is 0 Å². The van der Waals surface area contributed by atoms with Crippen LogP contribution in [0.3, 0.4) is 0 Å². The predicted molar refractivity (Wildman–Crippen MR) is 105 cm³/mol. The summed E-state index contributed by atoms with van der Waals surface area (Å²) in [7, 11) is 0. The molecule has 0 amide bonds. The highest BCUT2D eigenvalue weighted by atomic mass is 14.5. The molecular formula is C23H27N. The summed E-state index contributed by atoms with van der Waals surface area (Å²) in [5, 5.41) is 2.61. The fraction of sp³-hybridized carbons (Fsp3) is 0.304. The molecule has 0 bridgehead atoms. The van der Waals surface area contributed by atoms with Crippen molar-refractivity contribution in [3.63, 3.8) is 0 Å². The van der Waals surface area contributed by atoms with Crippen molar-refractivity contribution in [1.82, 2.24) is 0 Å². The van der Waals surface area contributed by atoms with Gasteiger partial charge in [0.15, 0.2) is 0 Å². The number of benzene rings is 3. The second kappa shape index (κ2) is 6.78. The van der Waals surface area contributed by atoms with Gasteiger partial charge in [-0.2, -0.15) is 0 Å². The Morgan fingerprint density at radius 1 is 0.833 bits per heavy atom. The van der Waals surface area contributed by atoms with Gasteiger partial charge in [-0.3, -0.25) is 0 Å². The highest BCUT2D eigenvalue weighted by Gasteiger charge is 2.16. The van der Waals surface area contributed by atoms with Crippen LogP contribution in [0.1, 0.15) is 43.4 Å². The molecule has 1 atom stereocenters. The Kier molecular flexibility index (Phi) is 4.73. The Hall–Kier alpha value is -2.12. The van der Waals surface area contributed by atoms with E-state index in [4.69, 9.17) is 5.73 Å². The highest BCUT2D eigenvalue weighted by molar-refractivity contribution is 5.86. The minimum atomic E-state index is 0.196. The fourth-order valence-electron chi connectivity index (χ4n) is 3.35. The van der Waals surface area contributed by atoms with Crippen molar-refractivity contribution < 1.29 is 0 Å². The van der Waals surface area contributed by atoms with E-state index in [-0.39, 0.29) is 5.41 Å². The maximum Gasteiger partial charge on any atom is 0.000772 e. The molecular weight excluding hydrogens is 290 g/mol. The maximum absolute atomic E-state index is 6.14. The Morgan fingerprint density at radius 3 is 2.17 bits per heavy atom. The average molecular weight is 317 g/mol. The molecule has 1 nitrogen and oxygen atoms in total. The van der Waals surface area contributed by atoms with Crippen LogP contribution >= 0.6 is 0 Å².